The third-order valence-corrected chi connectivity index (χ3v) is 7.80. The Hall–Kier alpha value is -3.37. The largest absolute Gasteiger partial charge is 0.444 e. The smallest absolute Gasteiger partial charge is 0.414 e. The summed E-state index contributed by atoms with van der Waals surface area (Å²) in [5.74, 6) is 0.0203. The molecule has 2 atom stereocenters. The van der Waals surface area contributed by atoms with Gasteiger partial charge in [0, 0.05) is 28.8 Å². The number of nitrogens with zero attached hydrogens (tertiary/aromatic N) is 2. The Kier molecular flexibility index (Phi) is 5.49. The van der Waals surface area contributed by atoms with E-state index in [0.717, 1.165) is 16.7 Å². The molecule has 1 saturated heterocycles. The number of rotatable bonds is 6. The van der Waals surface area contributed by atoms with Gasteiger partial charge in [-0.05, 0) is 61.2 Å². The number of hydrogen-bond donors (Lipinski definition) is 2. The van der Waals surface area contributed by atoms with E-state index in [2.05, 4.69) is 10.6 Å². The van der Waals surface area contributed by atoms with Crippen LogP contribution in [0.2, 0.25) is 0 Å². The van der Waals surface area contributed by atoms with Gasteiger partial charge >= 0.3 is 6.09 Å². The number of carbonyl (C=O) groups excluding carboxylic acids is 2. The third-order valence-electron chi connectivity index (χ3n) is 6.73. The molecule has 3 aliphatic heterocycles. The predicted octanol–water partition coefficient (Wildman–Crippen LogP) is 3.63. The number of cyclic esters (lactones) is 1. The molecular weight excluding hydrogens is 471 g/mol. The minimum Gasteiger partial charge on any atom is -0.444 e. The molecule has 0 unspecified atom stereocenters. The van der Waals surface area contributed by atoms with Crippen molar-refractivity contribution in [1.29, 1.82) is 0 Å². The van der Waals surface area contributed by atoms with Crippen LogP contribution in [0.15, 0.2) is 52.2 Å². The highest BCUT2D eigenvalue weighted by Gasteiger charge is 2.33. The molecule has 8 nitrogen and oxygen atoms in total. The van der Waals surface area contributed by atoms with Gasteiger partial charge in [-0.1, -0.05) is 0 Å². The summed E-state index contributed by atoms with van der Waals surface area (Å²) < 4.78 is 21.8. The second-order valence-corrected chi connectivity index (χ2v) is 9.98. The van der Waals surface area contributed by atoms with E-state index >= 15 is 0 Å². The summed E-state index contributed by atoms with van der Waals surface area (Å²) in [6, 6.07) is 11.7. The van der Waals surface area contributed by atoms with Crippen molar-refractivity contribution in [1.82, 2.24) is 9.88 Å². The zero-order valence-corrected chi connectivity index (χ0v) is 19.6. The minimum atomic E-state index is -0.405. The molecule has 0 radical (unpaired) electrons. The van der Waals surface area contributed by atoms with Crippen LogP contribution in [0.1, 0.15) is 24.4 Å². The first-order valence-corrected chi connectivity index (χ1v) is 12.6. The summed E-state index contributed by atoms with van der Waals surface area (Å²) in [7, 11) is 0. The summed E-state index contributed by atoms with van der Waals surface area (Å²) in [6.45, 7) is 1.42. The number of amides is 2. The van der Waals surface area contributed by atoms with E-state index in [1.807, 2.05) is 12.1 Å². The van der Waals surface area contributed by atoms with E-state index in [-0.39, 0.29) is 29.4 Å². The van der Waals surface area contributed by atoms with E-state index in [1.54, 1.807) is 27.7 Å². The molecule has 180 valence electrons. The van der Waals surface area contributed by atoms with Gasteiger partial charge < -0.3 is 19.9 Å². The number of thioether (sulfide) groups is 1. The van der Waals surface area contributed by atoms with Crippen molar-refractivity contribution >= 4 is 46.0 Å². The molecule has 0 bridgehead atoms. The number of pyridine rings is 1. The molecule has 3 aromatic rings. The number of carbonyl (C=O) groups is 2. The first-order chi connectivity index (χ1) is 17.0. The number of halogens is 1. The van der Waals surface area contributed by atoms with Crippen LogP contribution in [0.5, 0.6) is 0 Å². The zero-order valence-electron chi connectivity index (χ0n) is 18.8. The predicted molar refractivity (Wildman–Crippen MR) is 132 cm³/mol. The van der Waals surface area contributed by atoms with Crippen molar-refractivity contribution < 1.29 is 18.7 Å². The van der Waals surface area contributed by atoms with Gasteiger partial charge in [0.15, 0.2) is 0 Å². The van der Waals surface area contributed by atoms with Gasteiger partial charge in [-0.15, -0.1) is 11.8 Å². The fourth-order valence-electron chi connectivity index (χ4n) is 5.08. The second kappa shape index (κ2) is 8.69. The van der Waals surface area contributed by atoms with E-state index in [0.29, 0.717) is 54.3 Å². The molecule has 4 heterocycles. The van der Waals surface area contributed by atoms with Crippen molar-refractivity contribution in [2.24, 2.45) is 0 Å². The SMILES string of the molecule is O=C1CSc2ccc(N3C[C@@H](CCCN[C@@H]4Cn5c(=O)ccc6ccc(F)c4c65)OC3=O)cc2N1. The van der Waals surface area contributed by atoms with E-state index in [9.17, 15) is 18.8 Å². The van der Waals surface area contributed by atoms with Crippen molar-refractivity contribution in [2.75, 3.05) is 29.1 Å². The fourth-order valence-corrected chi connectivity index (χ4v) is 5.87. The van der Waals surface area contributed by atoms with Crippen LogP contribution in [0, 0.1) is 5.82 Å². The highest BCUT2D eigenvalue weighted by molar-refractivity contribution is 8.00. The Morgan fingerprint density at radius 3 is 2.86 bits per heavy atom. The maximum absolute atomic E-state index is 14.6. The van der Waals surface area contributed by atoms with Crippen LogP contribution in [-0.2, 0) is 16.1 Å². The third kappa shape index (κ3) is 3.96. The van der Waals surface area contributed by atoms with Crippen molar-refractivity contribution in [3.05, 3.63) is 64.2 Å². The zero-order chi connectivity index (χ0) is 24.1. The molecule has 2 N–H and O–H groups in total. The van der Waals surface area contributed by atoms with Gasteiger partial charge in [0.1, 0.15) is 11.9 Å². The molecule has 1 fully saturated rings. The highest BCUT2D eigenvalue weighted by Crippen LogP contribution is 2.36. The Bertz CT molecular complexity index is 1420. The molecule has 0 aliphatic carbocycles. The Morgan fingerprint density at radius 1 is 1.11 bits per heavy atom. The van der Waals surface area contributed by atoms with Gasteiger partial charge in [-0.25, -0.2) is 9.18 Å². The van der Waals surface area contributed by atoms with Crippen molar-refractivity contribution in [3.8, 4) is 0 Å². The van der Waals surface area contributed by atoms with E-state index in [4.69, 9.17) is 4.74 Å². The minimum absolute atomic E-state index is 0.0552. The number of benzene rings is 2. The summed E-state index contributed by atoms with van der Waals surface area (Å²) in [6.07, 6.45) is 0.714. The lowest BCUT2D eigenvalue weighted by atomic mass is 10.1. The molecule has 2 amide bonds. The van der Waals surface area contributed by atoms with Gasteiger partial charge in [0.05, 0.1) is 29.5 Å². The van der Waals surface area contributed by atoms with E-state index < -0.39 is 6.09 Å². The van der Waals surface area contributed by atoms with Crippen LogP contribution >= 0.6 is 11.8 Å². The molecule has 1 aromatic heterocycles. The Balaban J connectivity index is 1.06. The maximum atomic E-state index is 14.6. The van der Waals surface area contributed by atoms with E-state index in [1.165, 1.54) is 23.9 Å². The number of aromatic nitrogens is 1. The number of nitrogens with one attached hydrogen (secondary N) is 2. The monoisotopic (exact) mass is 494 g/mol. The number of hydrogen-bond acceptors (Lipinski definition) is 6. The number of ether oxygens (including phenoxy) is 1. The summed E-state index contributed by atoms with van der Waals surface area (Å²) >= 11 is 1.47. The number of anilines is 2. The van der Waals surface area contributed by atoms with Crippen LogP contribution in [0.25, 0.3) is 10.9 Å². The summed E-state index contributed by atoms with van der Waals surface area (Å²) in [5.41, 5.74) is 2.47. The highest BCUT2D eigenvalue weighted by atomic mass is 32.2. The van der Waals surface area contributed by atoms with Crippen molar-refractivity contribution in [2.45, 2.75) is 36.4 Å². The quantitative estimate of drug-likeness (QED) is 0.509. The average molecular weight is 495 g/mol. The first-order valence-electron chi connectivity index (χ1n) is 11.6. The molecular formula is C25H23FN4O4S. The van der Waals surface area contributed by atoms with Crippen LogP contribution in [0.4, 0.5) is 20.6 Å². The molecule has 10 heteroatoms. The molecule has 3 aliphatic rings. The maximum Gasteiger partial charge on any atom is 0.414 e. The molecule has 0 saturated carbocycles. The van der Waals surface area contributed by atoms with Crippen LogP contribution in [-0.4, -0.2) is 41.5 Å². The normalized spacial score (nSPS) is 20.8. The first kappa shape index (κ1) is 22.1. The average Bonchev–Trinajstić information content (AvgIpc) is 3.42. The lowest BCUT2D eigenvalue weighted by Gasteiger charge is -2.20. The Labute approximate surface area is 204 Å². The molecule has 35 heavy (non-hydrogen) atoms. The lowest BCUT2D eigenvalue weighted by Crippen LogP contribution is -2.27. The summed E-state index contributed by atoms with van der Waals surface area (Å²) in [4.78, 5) is 39.0. The Morgan fingerprint density at radius 2 is 1.97 bits per heavy atom. The van der Waals surface area contributed by atoms with Gasteiger partial charge in [0.25, 0.3) is 5.56 Å². The number of fused-ring (bicyclic) bond motifs is 1. The van der Waals surface area contributed by atoms with Crippen LogP contribution < -0.4 is 21.1 Å². The topological polar surface area (TPSA) is 92.7 Å². The van der Waals surface area contributed by atoms with Crippen molar-refractivity contribution in [3.63, 3.8) is 0 Å². The van der Waals surface area contributed by atoms with Crippen LogP contribution in [0.3, 0.4) is 0 Å². The molecule has 6 rings (SSSR count). The second-order valence-electron chi connectivity index (χ2n) is 8.96. The van der Waals surface area contributed by atoms with Gasteiger partial charge in [-0.3, -0.25) is 14.5 Å². The van der Waals surface area contributed by atoms with Gasteiger partial charge in [-0.2, -0.15) is 0 Å². The van der Waals surface area contributed by atoms with Gasteiger partial charge in [0.2, 0.25) is 5.91 Å². The standard InChI is InChI=1S/C25H23FN4O4S/c26-17-6-3-14-4-8-22(32)30-12-19(23(17)24(14)30)27-9-1-2-16-11-29(25(33)34-16)15-5-7-20-18(10-15)28-21(31)13-35-20/h3-8,10,16,19,27H,1-2,9,11-13H2,(H,28,31)/t16-,19-/m1/s1. The summed E-state index contributed by atoms with van der Waals surface area (Å²) in [5, 5.41) is 7.07. The molecule has 0 spiro atoms. The fraction of sp³-hybridized carbons (Fsp3) is 0.320. The lowest BCUT2D eigenvalue weighted by molar-refractivity contribution is -0.113. The molecule has 2 aromatic carbocycles.